The van der Waals surface area contributed by atoms with Gasteiger partial charge in [0, 0.05) is 0 Å². The van der Waals surface area contributed by atoms with Crippen molar-refractivity contribution in [2.75, 3.05) is 13.7 Å². The Morgan fingerprint density at radius 3 is 2.14 bits per heavy atom. The van der Waals surface area contributed by atoms with E-state index < -0.39 is 10.4 Å². The van der Waals surface area contributed by atoms with Crippen molar-refractivity contribution in [3.8, 4) is 0 Å². The molecule has 0 bridgehead atoms. The summed E-state index contributed by atoms with van der Waals surface area (Å²) in [7, 11) is -2.62. The van der Waals surface area contributed by atoms with Crippen LogP contribution in [0, 0.1) is 0 Å². The fraction of sp³-hybridized carbons (Fsp3) is 1.00. The summed E-state index contributed by atoms with van der Waals surface area (Å²) in [6, 6.07) is 0. The molecule has 0 aromatic rings. The standard InChI is InChI=1S/C9H20O4S/c1-3-4-5-6-7-8-9-13-14(10,11)12-2/h3-9H2,1-2H3. The molecule has 14 heavy (non-hydrogen) atoms. The van der Waals surface area contributed by atoms with E-state index in [1.807, 2.05) is 0 Å². The van der Waals surface area contributed by atoms with Gasteiger partial charge < -0.3 is 0 Å². The zero-order chi connectivity index (χ0) is 10.9. The Morgan fingerprint density at radius 1 is 1.00 bits per heavy atom. The molecule has 0 fully saturated rings. The molecule has 0 aromatic carbocycles. The molecule has 0 amide bonds. The molecule has 0 saturated carbocycles. The van der Waals surface area contributed by atoms with Crippen molar-refractivity contribution < 1.29 is 16.8 Å². The summed E-state index contributed by atoms with van der Waals surface area (Å²) in [6.07, 6.45) is 6.61. The van der Waals surface area contributed by atoms with Crippen molar-refractivity contribution in [2.45, 2.75) is 45.4 Å². The zero-order valence-corrected chi connectivity index (χ0v) is 9.81. The maximum absolute atomic E-state index is 10.7. The lowest BCUT2D eigenvalue weighted by atomic mass is 10.1. The highest BCUT2D eigenvalue weighted by atomic mass is 32.3. The van der Waals surface area contributed by atoms with Crippen LogP contribution in [0.25, 0.3) is 0 Å². The molecule has 0 atom stereocenters. The van der Waals surface area contributed by atoms with Crippen LogP contribution in [-0.4, -0.2) is 22.1 Å². The third kappa shape index (κ3) is 8.47. The lowest BCUT2D eigenvalue weighted by Gasteiger charge is -2.02. The van der Waals surface area contributed by atoms with E-state index in [0.29, 0.717) is 0 Å². The van der Waals surface area contributed by atoms with Crippen LogP contribution in [0.1, 0.15) is 45.4 Å². The predicted molar refractivity (Wildman–Crippen MR) is 55.3 cm³/mol. The average Bonchev–Trinajstić information content (AvgIpc) is 2.16. The Kier molecular flexibility index (Phi) is 8.12. The molecule has 0 aromatic heterocycles. The van der Waals surface area contributed by atoms with E-state index in [9.17, 15) is 8.42 Å². The number of hydrogen-bond donors (Lipinski definition) is 0. The maximum Gasteiger partial charge on any atom is 0.399 e. The van der Waals surface area contributed by atoms with Crippen molar-refractivity contribution >= 4 is 10.4 Å². The monoisotopic (exact) mass is 224 g/mol. The molecule has 0 radical (unpaired) electrons. The third-order valence-electron chi connectivity index (χ3n) is 1.93. The summed E-state index contributed by atoms with van der Waals surface area (Å²) in [5, 5.41) is 0. The zero-order valence-electron chi connectivity index (χ0n) is 8.99. The molecule has 0 rings (SSSR count). The molecule has 0 saturated heterocycles. The summed E-state index contributed by atoms with van der Waals surface area (Å²) >= 11 is 0. The van der Waals surface area contributed by atoms with E-state index in [2.05, 4.69) is 15.3 Å². The van der Waals surface area contributed by atoms with E-state index in [4.69, 9.17) is 0 Å². The molecule has 0 aliphatic heterocycles. The van der Waals surface area contributed by atoms with Crippen molar-refractivity contribution in [2.24, 2.45) is 0 Å². The summed E-state index contributed by atoms with van der Waals surface area (Å²) < 4.78 is 30.0. The van der Waals surface area contributed by atoms with Crippen LogP contribution < -0.4 is 0 Å². The highest BCUT2D eigenvalue weighted by Crippen LogP contribution is 2.05. The van der Waals surface area contributed by atoms with Crippen molar-refractivity contribution in [3.63, 3.8) is 0 Å². The highest BCUT2D eigenvalue weighted by Gasteiger charge is 2.07. The fourth-order valence-electron chi connectivity index (χ4n) is 1.09. The predicted octanol–water partition coefficient (Wildman–Crippen LogP) is 2.25. The Hall–Kier alpha value is -0.130. The smallest absolute Gasteiger partial charge is 0.252 e. The van der Waals surface area contributed by atoms with Gasteiger partial charge in [-0.2, -0.15) is 8.42 Å². The van der Waals surface area contributed by atoms with Gasteiger partial charge in [0.2, 0.25) is 0 Å². The summed E-state index contributed by atoms with van der Waals surface area (Å²) in [6.45, 7) is 2.39. The molecule has 0 aliphatic carbocycles. The summed E-state index contributed by atoms with van der Waals surface area (Å²) in [5.74, 6) is 0. The molecule has 4 nitrogen and oxygen atoms in total. The Labute approximate surface area is 86.9 Å². The van der Waals surface area contributed by atoms with Gasteiger partial charge in [0.15, 0.2) is 0 Å². The van der Waals surface area contributed by atoms with E-state index in [0.717, 1.165) is 26.4 Å². The third-order valence-corrected chi connectivity index (χ3v) is 2.79. The van der Waals surface area contributed by atoms with Gasteiger partial charge in [-0.25, -0.2) is 4.18 Å². The van der Waals surface area contributed by atoms with Crippen molar-refractivity contribution in [1.82, 2.24) is 0 Å². The van der Waals surface area contributed by atoms with E-state index in [1.54, 1.807) is 0 Å². The summed E-state index contributed by atoms with van der Waals surface area (Å²) in [4.78, 5) is 0. The van der Waals surface area contributed by atoms with Crippen LogP contribution in [-0.2, 0) is 18.8 Å². The second-order valence-electron chi connectivity index (χ2n) is 3.16. The molecule has 0 spiro atoms. The van der Waals surface area contributed by atoms with Crippen LogP contribution in [0.5, 0.6) is 0 Å². The van der Waals surface area contributed by atoms with E-state index in [1.165, 1.54) is 19.3 Å². The number of unbranched alkanes of at least 4 members (excludes halogenated alkanes) is 5. The molecule has 5 heteroatoms. The molecular weight excluding hydrogens is 204 g/mol. The second kappa shape index (κ2) is 8.20. The largest absolute Gasteiger partial charge is 0.399 e. The molecule has 86 valence electrons. The molecule has 0 aliphatic rings. The van der Waals surface area contributed by atoms with Crippen LogP contribution >= 0.6 is 0 Å². The minimum atomic E-state index is -3.72. The number of hydrogen-bond acceptors (Lipinski definition) is 4. The Bertz CT molecular complexity index is 211. The van der Waals surface area contributed by atoms with Crippen molar-refractivity contribution in [3.05, 3.63) is 0 Å². The Balaban J connectivity index is 3.22. The lowest BCUT2D eigenvalue weighted by Crippen LogP contribution is -2.08. The quantitative estimate of drug-likeness (QED) is 0.564. The average molecular weight is 224 g/mol. The normalized spacial score (nSPS) is 11.9. The first-order chi connectivity index (χ1) is 6.62. The van der Waals surface area contributed by atoms with Gasteiger partial charge in [0.25, 0.3) is 0 Å². The Morgan fingerprint density at radius 2 is 1.57 bits per heavy atom. The van der Waals surface area contributed by atoms with Crippen molar-refractivity contribution in [1.29, 1.82) is 0 Å². The SMILES string of the molecule is CCCCCCCCOS(=O)(=O)OC. The second-order valence-corrected chi connectivity index (χ2v) is 4.55. The van der Waals surface area contributed by atoms with Gasteiger partial charge in [-0.1, -0.05) is 39.0 Å². The fourth-order valence-corrected chi connectivity index (χ4v) is 1.51. The van der Waals surface area contributed by atoms with Gasteiger partial charge in [0.1, 0.15) is 0 Å². The molecular formula is C9H20O4S. The molecule has 0 heterocycles. The van der Waals surface area contributed by atoms with Crippen LogP contribution in [0.2, 0.25) is 0 Å². The molecule has 0 unspecified atom stereocenters. The van der Waals surface area contributed by atoms with Gasteiger partial charge in [-0.05, 0) is 6.42 Å². The first kappa shape index (κ1) is 13.9. The number of rotatable bonds is 9. The highest BCUT2D eigenvalue weighted by molar-refractivity contribution is 7.81. The van der Waals surface area contributed by atoms with Crippen LogP contribution in [0.3, 0.4) is 0 Å². The van der Waals surface area contributed by atoms with Gasteiger partial charge in [-0.15, -0.1) is 0 Å². The first-order valence-corrected chi connectivity index (χ1v) is 6.40. The van der Waals surface area contributed by atoms with Crippen LogP contribution in [0.15, 0.2) is 0 Å². The molecule has 0 N–H and O–H groups in total. The topological polar surface area (TPSA) is 52.6 Å². The first-order valence-electron chi connectivity index (χ1n) is 5.07. The lowest BCUT2D eigenvalue weighted by molar-refractivity contribution is 0.238. The van der Waals surface area contributed by atoms with Gasteiger partial charge >= 0.3 is 10.4 Å². The van der Waals surface area contributed by atoms with Gasteiger partial charge in [-0.3, -0.25) is 4.18 Å². The maximum atomic E-state index is 10.7. The van der Waals surface area contributed by atoms with Crippen LogP contribution in [0.4, 0.5) is 0 Å². The van der Waals surface area contributed by atoms with E-state index in [-0.39, 0.29) is 6.61 Å². The van der Waals surface area contributed by atoms with E-state index >= 15 is 0 Å². The minimum absolute atomic E-state index is 0.225. The van der Waals surface area contributed by atoms with Gasteiger partial charge in [0.05, 0.1) is 13.7 Å². The summed E-state index contributed by atoms with van der Waals surface area (Å²) in [5.41, 5.74) is 0. The minimum Gasteiger partial charge on any atom is -0.252 e.